The van der Waals surface area contributed by atoms with Crippen LogP contribution in [0.2, 0.25) is 0 Å². The van der Waals surface area contributed by atoms with Gasteiger partial charge < -0.3 is 13.6 Å². The van der Waals surface area contributed by atoms with Gasteiger partial charge in [-0.2, -0.15) is 0 Å². The predicted molar refractivity (Wildman–Crippen MR) is 283 cm³/mol. The highest BCUT2D eigenvalue weighted by atomic mass is 16.3. The van der Waals surface area contributed by atoms with Crippen molar-refractivity contribution in [1.82, 2.24) is 24.1 Å². The first-order chi connectivity index (χ1) is 34.2. The normalized spacial score (nSPS) is 11.8. The number of para-hydroxylation sites is 3. The summed E-state index contributed by atoms with van der Waals surface area (Å²) in [5.74, 6) is 1.89. The van der Waals surface area contributed by atoms with Crippen molar-refractivity contribution in [2.45, 2.75) is 0 Å². The lowest BCUT2D eigenvalue weighted by Gasteiger charge is -2.12. The topological polar surface area (TPSA) is 61.7 Å². The molecule has 0 amide bonds. The van der Waals surface area contributed by atoms with Crippen molar-refractivity contribution in [3.8, 4) is 67.8 Å². The second-order valence-corrected chi connectivity index (χ2v) is 17.6. The Balaban J connectivity index is 0.885. The lowest BCUT2D eigenvalue weighted by atomic mass is 9.96. The third-order valence-electron chi connectivity index (χ3n) is 13.6. The van der Waals surface area contributed by atoms with Crippen LogP contribution in [0.1, 0.15) is 0 Å². The molecule has 6 nitrogen and oxygen atoms in total. The molecule has 4 aromatic heterocycles. The molecule has 0 aliphatic carbocycles. The standard InChI is InChI=1S/C63H39N5O/c1-4-16-40(17-5-1)61-64-62(41-18-6-2-7-19-41)66-63(65-61)45-20-14-23-47(36-45)68-55-28-13-11-25-50(55)52-39-44(31-34-57(52)68)48-26-15-29-59-60(48)53-38-43(32-35-58(53)69-59)42-30-33-56-51(37-42)49-24-10-12-27-54(49)67(56)46-21-8-3-9-22-46/h1-39H. The van der Waals surface area contributed by atoms with Crippen molar-refractivity contribution in [3.05, 3.63) is 237 Å². The molecule has 0 unspecified atom stereocenters. The SMILES string of the molecule is c1ccc(-c2nc(-c3ccccc3)nc(-c3cccc(-n4c5ccccc5c5cc(-c6cccc7oc8ccc(-c9ccc%10c(c9)c9ccccc9n%10-c9ccccc9)cc8c67)ccc54)c3)n2)cc1. The molecule has 0 atom stereocenters. The highest BCUT2D eigenvalue weighted by Crippen LogP contribution is 2.42. The molecule has 69 heavy (non-hydrogen) atoms. The van der Waals surface area contributed by atoms with Gasteiger partial charge in [-0.3, -0.25) is 0 Å². The molecule has 6 heteroatoms. The Kier molecular flexibility index (Phi) is 8.79. The van der Waals surface area contributed by atoms with Gasteiger partial charge in [0.2, 0.25) is 0 Å². The zero-order valence-corrected chi connectivity index (χ0v) is 37.2. The summed E-state index contributed by atoms with van der Waals surface area (Å²) in [5.41, 5.74) is 15.9. The molecule has 0 aliphatic rings. The highest BCUT2D eigenvalue weighted by molar-refractivity contribution is 6.16. The average Bonchev–Trinajstić information content (AvgIpc) is 4.08. The number of nitrogens with zero attached hydrogens (tertiary/aromatic N) is 5. The summed E-state index contributed by atoms with van der Waals surface area (Å²) in [7, 11) is 0. The Morgan fingerprint density at radius 3 is 1.39 bits per heavy atom. The first-order valence-electron chi connectivity index (χ1n) is 23.3. The summed E-state index contributed by atoms with van der Waals surface area (Å²) in [6.45, 7) is 0. The molecule has 322 valence electrons. The first kappa shape index (κ1) is 38.8. The fourth-order valence-corrected chi connectivity index (χ4v) is 10.4. The van der Waals surface area contributed by atoms with E-state index in [1.165, 1.54) is 32.6 Å². The molecule has 0 saturated heterocycles. The van der Waals surface area contributed by atoms with Crippen LogP contribution in [0.15, 0.2) is 241 Å². The predicted octanol–water partition coefficient (Wildman–Crippen LogP) is 16.3. The van der Waals surface area contributed by atoms with Gasteiger partial charge in [-0.05, 0) is 101 Å². The van der Waals surface area contributed by atoms with Crippen molar-refractivity contribution < 1.29 is 4.42 Å². The largest absolute Gasteiger partial charge is 0.456 e. The fraction of sp³-hybridized carbons (Fsp3) is 0. The number of furan rings is 1. The van der Waals surface area contributed by atoms with Gasteiger partial charge >= 0.3 is 0 Å². The van der Waals surface area contributed by atoms with Gasteiger partial charge in [0, 0.05) is 60.4 Å². The van der Waals surface area contributed by atoms with E-state index in [0.717, 1.165) is 83.3 Å². The van der Waals surface area contributed by atoms with Gasteiger partial charge in [-0.1, -0.05) is 158 Å². The number of benzene rings is 10. The van der Waals surface area contributed by atoms with Crippen molar-refractivity contribution in [1.29, 1.82) is 0 Å². The lowest BCUT2D eigenvalue weighted by Crippen LogP contribution is -2.01. The van der Waals surface area contributed by atoms with E-state index < -0.39 is 0 Å². The Bertz CT molecular complexity index is 4240. The number of aromatic nitrogens is 5. The summed E-state index contributed by atoms with van der Waals surface area (Å²) in [6.07, 6.45) is 0. The summed E-state index contributed by atoms with van der Waals surface area (Å²) in [4.78, 5) is 15.0. The molecule has 14 rings (SSSR count). The summed E-state index contributed by atoms with van der Waals surface area (Å²) in [6, 6.07) is 83.4. The van der Waals surface area contributed by atoms with Gasteiger partial charge in [0.25, 0.3) is 0 Å². The van der Waals surface area contributed by atoms with E-state index in [2.05, 4.69) is 185 Å². The van der Waals surface area contributed by atoms with Gasteiger partial charge in [-0.25, -0.2) is 15.0 Å². The summed E-state index contributed by atoms with van der Waals surface area (Å²) >= 11 is 0. The first-order valence-corrected chi connectivity index (χ1v) is 23.3. The van der Waals surface area contributed by atoms with Crippen molar-refractivity contribution in [3.63, 3.8) is 0 Å². The van der Waals surface area contributed by atoms with Crippen LogP contribution in [0.25, 0.3) is 133 Å². The number of hydrogen-bond donors (Lipinski definition) is 0. The zero-order chi connectivity index (χ0) is 45.4. The summed E-state index contributed by atoms with van der Waals surface area (Å²) < 4.78 is 11.3. The minimum Gasteiger partial charge on any atom is -0.456 e. The van der Waals surface area contributed by atoms with Crippen LogP contribution in [-0.4, -0.2) is 24.1 Å². The van der Waals surface area contributed by atoms with E-state index in [0.29, 0.717) is 17.5 Å². The molecule has 14 aromatic rings. The van der Waals surface area contributed by atoms with Crippen LogP contribution in [0, 0.1) is 0 Å². The van der Waals surface area contributed by atoms with Crippen LogP contribution in [0.4, 0.5) is 0 Å². The third kappa shape index (κ3) is 6.38. The summed E-state index contributed by atoms with van der Waals surface area (Å²) in [5, 5.41) is 7.00. The molecule has 0 aliphatic heterocycles. The van der Waals surface area contributed by atoms with E-state index in [-0.39, 0.29) is 0 Å². The maximum Gasteiger partial charge on any atom is 0.164 e. The van der Waals surface area contributed by atoms with Gasteiger partial charge in [-0.15, -0.1) is 0 Å². The van der Waals surface area contributed by atoms with Crippen LogP contribution >= 0.6 is 0 Å². The maximum absolute atomic E-state index is 6.60. The smallest absolute Gasteiger partial charge is 0.164 e. The second-order valence-electron chi connectivity index (χ2n) is 17.6. The lowest BCUT2D eigenvalue weighted by molar-refractivity contribution is 0.669. The Morgan fingerprint density at radius 2 is 0.739 bits per heavy atom. The minimum absolute atomic E-state index is 0.618. The van der Waals surface area contributed by atoms with Crippen LogP contribution < -0.4 is 0 Å². The van der Waals surface area contributed by atoms with Gasteiger partial charge in [0.05, 0.1) is 22.1 Å². The Morgan fingerprint density at radius 1 is 0.275 bits per heavy atom. The van der Waals surface area contributed by atoms with Crippen LogP contribution in [0.3, 0.4) is 0 Å². The van der Waals surface area contributed by atoms with E-state index in [1.54, 1.807) is 0 Å². The molecule has 10 aromatic carbocycles. The molecule has 0 saturated carbocycles. The van der Waals surface area contributed by atoms with E-state index >= 15 is 0 Å². The highest BCUT2D eigenvalue weighted by Gasteiger charge is 2.20. The second kappa shape index (κ2) is 15.6. The van der Waals surface area contributed by atoms with Crippen LogP contribution in [-0.2, 0) is 0 Å². The van der Waals surface area contributed by atoms with Crippen molar-refractivity contribution in [2.75, 3.05) is 0 Å². The molecule has 0 fully saturated rings. The molecule has 0 radical (unpaired) electrons. The zero-order valence-electron chi connectivity index (χ0n) is 37.2. The minimum atomic E-state index is 0.618. The molecule has 0 spiro atoms. The van der Waals surface area contributed by atoms with E-state index in [1.807, 2.05) is 60.7 Å². The fourth-order valence-electron chi connectivity index (χ4n) is 10.4. The van der Waals surface area contributed by atoms with E-state index in [4.69, 9.17) is 19.4 Å². The average molecular weight is 882 g/mol. The monoisotopic (exact) mass is 881 g/mol. The Hall–Kier alpha value is -9.39. The van der Waals surface area contributed by atoms with Gasteiger partial charge in [0.1, 0.15) is 11.2 Å². The van der Waals surface area contributed by atoms with Crippen molar-refractivity contribution >= 4 is 65.6 Å². The Labute approximate surface area is 396 Å². The molecular formula is C63H39N5O. The number of rotatable bonds is 7. The van der Waals surface area contributed by atoms with Gasteiger partial charge in [0.15, 0.2) is 17.5 Å². The maximum atomic E-state index is 6.60. The number of fused-ring (bicyclic) bond motifs is 9. The molecule has 4 heterocycles. The van der Waals surface area contributed by atoms with Crippen molar-refractivity contribution in [2.24, 2.45) is 0 Å². The molecule has 0 N–H and O–H groups in total. The quantitative estimate of drug-likeness (QED) is 0.160. The molecular weight excluding hydrogens is 843 g/mol. The number of hydrogen-bond acceptors (Lipinski definition) is 4. The van der Waals surface area contributed by atoms with E-state index in [9.17, 15) is 0 Å². The molecule has 0 bridgehead atoms. The third-order valence-corrected chi connectivity index (χ3v) is 13.6. The van der Waals surface area contributed by atoms with Crippen LogP contribution in [0.5, 0.6) is 0 Å².